The molecule has 2 atom stereocenters. The lowest BCUT2D eigenvalue weighted by Crippen LogP contribution is -2.44. The van der Waals surface area contributed by atoms with Crippen molar-refractivity contribution in [3.05, 3.63) is 69.6 Å². The number of carbonyl (C=O) groups excluding carboxylic acids is 1. The monoisotopic (exact) mass is 465 g/mol. The van der Waals surface area contributed by atoms with E-state index in [-0.39, 0.29) is 18.0 Å². The lowest BCUT2D eigenvalue weighted by atomic mass is 10.00. The number of amides is 1. The van der Waals surface area contributed by atoms with Crippen molar-refractivity contribution in [1.82, 2.24) is 25.3 Å². The molecule has 1 fully saturated rings. The lowest BCUT2D eigenvalue weighted by Gasteiger charge is -2.30. The van der Waals surface area contributed by atoms with Crippen molar-refractivity contribution >= 4 is 17.5 Å². The predicted octanol–water partition coefficient (Wildman–Crippen LogP) is 4.38. The Morgan fingerprint density at radius 2 is 1.82 bits per heavy atom. The van der Waals surface area contributed by atoms with E-state index in [0.717, 1.165) is 54.0 Å². The molecule has 2 aromatic carbocycles. The Labute approximate surface area is 198 Å². The van der Waals surface area contributed by atoms with Crippen molar-refractivity contribution in [2.75, 3.05) is 26.2 Å². The summed E-state index contributed by atoms with van der Waals surface area (Å²) in [5.41, 5.74) is 4.64. The van der Waals surface area contributed by atoms with Crippen LogP contribution in [0.5, 0.6) is 0 Å². The first-order valence-corrected chi connectivity index (χ1v) is 11.8. The summed E-state index contributed by atoms with van der Waals surface area (Å²) in [6, 6.07) is 11.7. The number of carbonyl (C=O) groups is 1. The van der Waals surface area contributed by atoms with E-state index in [2.05, 4.69) is 22.3 Å². The van der Waals surface area contributed by atoms with Crippen LogP contribution >= 0.6 is 11.6 Å². The Kier molecular flexibility index (Phi) is 5.95. The Balaban J connectivity index is 1.39. The van der Waals surface area contributed by atoms with Gasteiger partial charge in [-0.25, -0.2) is 0 Å². The van der Waals surface area contributed by atoms with Crippen molar-refractivity contribution in [3.8, 4) is 11.4 Å². The number of benzene rings is 2. The summed E-state index contributed by atoms with van der Waals surface area (Å²) in [6.07, 6.45) is 0. The smallest absolute Gasteiger partial charge is 0.255 e. The average Bonchev–Trinajstić information content (AvgIpc) is 3.44. The first-order valence-electron chi connectivity index (χ1n) is 11.4. The Bertz CT molecular complexity index is 1170. The second kappa shape index (κ2) is 8.89. The Morgan fingerprint density at radius 3 is 2.55 bits per heavy atom. The number of halogens is 1. The second-order valence-electron chi connectivity index (χ2n) is 8.91. The first-order chi connectivity index (χ1) is 15.9. The summed E-state index contributed by atoms with van der Waals surface area (Å²) in [5.74, 6) is 1.24. The minimum absolute atomic E-state index is 0.0534. The van der Waals surface area contributed by atoms with E-state index in [0.29, 0.717) is 23.3 Å². The molecule has 1 saturated heterocycles. The second-order valence-corrected chi connectivity index (χ2v) is 9.34. The minimum atomic E-state index is -0.0540. The summed E-state index contributed by atoms with van der Waals surface area (Å²) < 4.78 is 5.63. The van der Waals surface area contributed by atoms with Crippen LogP contribution in [0.2, 0.25) is 5.02 Å². The maximum atomic E-state index is 13.3. The number of piperazine rings is 1. The third-order valence-corrected chi connectivity index (χ3v) is 7.06. The van der Waals surface area contributed by atoms with Crippen molar-refractivity contribution < 1.29 is 9.32 Å². The van der Waals surface area contributed by atoms with Crippen molar-refractivity contribution in [2.24, 2.45) is 0 Å². The fraction of sp³-hybridized carbons (Fsp3) is 0.400. The van der Waals surface area contributed by atoms with Gasteiger partial charge in [0.2, 0.25) is 11.7 Å². The quantitative estimate of drug-likeness (QED) is 0.602. The summed E-state index contributed by atoms with van der Waals surface area (Å²) in [4.78, 5) is 22.2. The number of hydrogen-bond donors (Lipinski definition) is 1. The predicted molar refractivity (Wildman–Crippen MR) is 127 cm³/mol. The molecule has 1 unspecified atom stereocenters. The van der Waals surface area contributed by atoms with Gasteiger partial charge in [-0.15, -0.1) is 0 Å². The fourth-order valence-corrected chi connectivity index (χ4v) is 4.93. The first kappa shape index (κ1) is 22.1. The van der Waals surface area contributed by atoms with Crippen LogP contribution in [-0.4, -0.2) is 52.0 Å². The van der Waals surface area contributed by atoms with Gasteiger partial charge in [-0.05, 0) is 61.7 Å². The van der Waals surface area contributed by atoms with Gasteiger partial charge in [0.05, 0.1) is 12.1 Å². The number of nitrogens with zero attached hydrogens (tertiary/aromatic N) is 4. The topological polar surface area (TPSA) is 74.5 Å². The van der Waals surface area contributed by atoms with Crippen molar-refractivity contribution in [3.63, 3.8) is 0 Å². The van der Waals surface area contributed by atoms with Crippen LogP contribution in [0.15, 0.2) is 40.9 Å². The van der Waals surface area contributed by atoms with Crippen molar-refractivity contribution in [1.29, 1.82) is 0 Å². The SMILES string of the molecule is Cc1cc(-c2noc(C(C)N3CCNCC3)n2)cc2c1C(=O)N([C@H](C)c1ccc(Cl)cc1)C2. The van der Waals surface area contributed by atoms with Gasteiger partial charge in [0.15, 0.2) is 0 Å². The molecule has 0 saturated carbocycles. The highest BCUT2D eigenvalue weighted by molar-refractivity contribution is 6.30. The molecular weight excluding hydrogens is 438 g/mol. The molecule has 5 rings (SSSR count). The summed E-state index contributed by atoms with van der Waals surface area (Å²) in [5, 5.41) is 8.31. The van der Waals surface area contributed by atoms with Gasteiger partial charge >= 0.3 is 0 Å². The molecule has 8 heteroatoms. The van der Waals surface area contributed by atoms with Gasteiger partial charge in [0, 0.05) is 48.9 Å². The maximum absolute atomic E-state index is 13.3. The maximum Gasteiger partial charge on any atom is 0.255 e. The van der Waals surface area contributed by atoms with E-state index in [9.17, 15) is 4.79 Å². The zero-order chi connectivity index (χ0) is 23.1. The largest absolute Gasteiger partial charge is 0.337 e. The van der Waals surface area contributed by atoms with E-state index in [1.165, 1.54) is 0 Å². The number of hydrogen-bond acceptors (Lipinski definition) is 6. The molecule has 0 aliphatic carbocycles. The number of nitrogens with one attached hydrogen (secondary N) is 1. The minimum Gasteiger partial charge on any atom is -0.337 e. The van der Waals surface area contributed by atoms with Gasteiger partial charge in [-0.2, -0.15) is 4.98 Å². The van der Waals surface area contributed by atoms with Crippen LogP contribution in [-0.2, 0) is 6.54 Å². The van der Waals surface area contributed by atoms with Crippen LogP contribution in [0, 0.1) is 6.92 Å². The molecule has 3 heterocycles. The zero-order valence-corrected chi connectivity index (χ0v) is 19.9. The van der Waals surface area contributed by atoms with E-state index in [4.69, 9.17) is 21.1 Å². The molecule has 172 valence electrons. The molecule has 33 heavy (non-hydrogen) atoms. The molecule has 7 nitrogen and oxygen atoms in total. The third-order valence-electron chi connectivity index (χ3n) is 6.81. The number of aryl methyl sites for hydroxylation is 1. The van der Waals surface area contributed by atoms with E-state index in [1.54, 1.807) is 0 Å². The fourth-order valence-electron chi connectivity index (χ4n) is 4.80. The molecule has 1 aromatic heterocycles. The van der Waals surface area contributed by atoms with E-state index >= 15 is 0 Å². The van der Waals surface area contributed by atoms with Crippen LogP contribution in [0.25, 0.3) is 11.4 Å². The van der Waals surface area contributed by atoms with Gasteiger partial charge < -0.3 is 14.7 Å². The molecule has 3 aromatic rings. The Hall–Kier alpha value is -2.74. The number of aromatic nitrogens is 2. The standard InChI is InChI=1S/C25H28ClN5O2/c1-15-12-19(23-28-24(33-29-23)17(3)30-10-8-27-9-11-30)13-20-14-31(25(32)22(15)20)16(2)18-4-6-21(26)7-5-18/h4-7,12-13,16-17,27H,8-11,14H2,1-3H3/t16-,17?/m1/s1. The number of fused-ring (bicyclic) bond motifs is 1. The van der Waals surface area contributed by atoms with Crippen molar-refractivity contribution in [2.45, 2.75) is 39.4 Å². The van der Waals surface area contributed by atoms with Gasteiger partial charge in [0.1, 0.15) is 0 Å². The van der Waals surface area contributed by atoms with Crippen LogP contribution in [0.3, 0.4) is 0 Å². The van der Waals surface area contributed by atoms with Gasteiger partial charge in [-0.1, -0.05) is 28.9 Å². The molecule has 0 bridgehead atoms. The molecule has 1 amide bonds. The molecule has 0 radical (unpaired) electrons. The van der Waals surface area contributed by atoms with Gasteiger partial charge in [0.25, 0.3) is 5.91 Å². The molecule has 2 aliphatic heterocycles. The number of rotatable bonds is 5. The van der Waals surface area contributed by atoms with E-state index in [1.807, 2.05) is 55.1 Å². The Morgan fingerprint density at radius 1 is 1.09 bits per heavy atom. The van der Waals surface area contributed by atoms with Crippen LogP contribution in [0.4, 0.5) is 0 Å². The van der Waals surface area contributed by atoms with Crippen LogP contribution in [0.1, 0.15) is 58.9 Å². The molecule has 1 N–H and O–H groups in total. The normalized spacial score (nSPS) is 18.4. The summed E-state index contributed by atoms with van der Waals surface area (Å²) >= 11 is 6.03. The zero-order valence-electron chi connectivity index (χ0n) is 19.1. The average molecular weight is 466 g/mol. The lowest BCUT2D eigenvalue weighted by molar-refractivity contribution is 0.0715. The molecule has 0 spiro atoms. The van der Waals surface area contributed by atoms with E-state index < -0.39 is 0 Å². The summed E-state index contributed by atoms with van der Waals surface area (Å²) in [7, 11) is 0. The highest BCUT2D eigenvalue weighted by Gasteiger charge is 2.33. The molecule has 2 aliphatic rings. The highest BCUT2D eigenvalue weighted by Crippen LogP contribution is 2.35. The van der Waals surface area contributed by atoms with Crippen LogP contribution < -0.4 is 5.32 Å². The highest BCUT2D eigenvalue weighted by atomic mass is 35.5. The third kappa shape index (κ3) is 4.16. The summed E-state index contributed by atoms with van der Waals surface area (Å²) in [6.45, 7) is 10.5. The molecular formula is C25H28ClN5O2. The van der Waals surface area contributed by atoms with Gasteiger partial charge in [-0.3, -0.25) is 9.69 Å².